The highest BCUT2D eigenvalue weighted by atomic mass is 32.2. The molecule has 0 bridgehead atoms. The average molecular weight is 386 g/mol. The lowest BCUT2D eigenvalue weighted by Gasteiger charge is -2.10. The van der Waals surface area contributed by atoms with Crippen LogP contribution in [-0.2, 0) is 10.1 Å². The molecule has 7 nitrogen and oxygen atoms in total. The number of carbonyl (C=O) groups excluding carboxylic acids is 1. The number of aromatic nitrogens is 1. The molecular weight excluding hydrogens is 368 g/mol. The molecule has 0 radical (unpaired) electrons. The number of hydrogen-bond donors (Lipinski definition) is 1. The van der Waals surface area contributed by atoms with E-state index in [0.29, 0.717) is 22.7 Å². The Morgan fingerprint density at radius 3 is 2.37 bits per heavy atom. The Balaban J connectivity index is 1.75. The molecule has 8 heteroatoms. The van der Waals surface area contributed by atoms with Crippen molar-refractivity contribution in [3.63, 3.8) is 0 Å². The molecule has 1 aromatic heterocycles. The zero-order valence-corrected chi connectivity index (χ0v) is 15.8. The van der Waals surface area contributed by atoms with Crippen molar-refractivity contribution in [3.05, 3.63) is 71.0 Å². The summed E-state index contributed by atoms with van der Waals surface area (Å²) in [6.45, 7) is 5.22. The summed E-state index contributed by atoms with van der Waals surface area (Å²) in [7, 11) is -3.97. The third-order valence-corrected chi connectivity index (χ3v) is 5.20. The van der Waals surface area contributed by atoms with Crippen LogP contribution in [0, 0.1) is 20.8 Å². The van der Waals surface area contributed by atoms with Gasteiger partial charge in [0.1, 0.15) is 16.4 Å². The normalized spacial score (nSPS) is 11.2. The van der Waals surface area contributed by atoms with Crippen molar-refractivity contribution in [1.82, 2.24) is 5.16 Å². The van der Waals surface area contributed by atoms with E-state index >= 15 is 0 Å². The molecular formula is C19H18N2O5S. The summed E-state index contributed by atoms with van der Waals surface area (Å²) >= 11 is 0. The maximum absolute atomic E-state index is 12.5. The molecule has 0 saturated carbocycles. The highest BCUT2D eigenvalue weighted by Crippen LogP contribution is 2.23. The van der Waals surface area contributed by atoms with Crippen LogP contribution in [0.25, 0.3) is 0 Å². The van der Waals surface area contributed by atoms with Gasteiger partial charge in [-0.05, 0) is 62.2 Å². The van der Waals surface area contributed by atoms with E-state index in [-0.39, 0.29) is 10.6 Å². The molecule has 2 aromatic carbocycles. The van der Waals surface area contributed by atoms with E-state index < -0.39 is 16.0 Å². The minimum absolute atomic E-state index is 0.115. The number of nitrogens with zero attached hydrogens (tertiary/aromatic N) is 1. The molecule has 0 saturated heterocycles. The topological polar surface area (TPSA) is 98.5 Å². The minimum Gasteiger partial charge on any atom is -0.379 e. The lowest BCUT2D eigenvalue weighted by Crippen LogP contribution is -2.13. The van der Waals surface area contributed by atoms with Crippen molar-refractivity contribution in [1.29, 1.82) is 0 Å². The molecule has 3 aromatic rings. The predicted octanol–water partition coefficient (Wildman–Crippen LogP) is 3.62. The van der Waals surface area contributed by atoms with Crippen LogP contribution in [0.5, 0.6) is 5.75 Å². The van der Waals surface area contributed by atoms with E-state index in [0.717, 1.165) is 5.56 Å². The molecule has 0 aliphatic carbocycles. The first-order chi connectivity index (χ1) is 12.7. The summed E-state index contributed by atoms with van der Waals surface area (Å²) in [6.07, 6.45) is 0. The molecule has 1 N–H and O–H groups in total. The van der Waals surface area contributed by atoms with Gasteiger partial charge in [0.05, 0.1) is 0 Å². The highest BCUT2D eigenvalue weighted by Gasteiger charge is 2.20. The summed E-state index contributed by atoms with van der Waals surface area (Å²) in [5, 5.41) is 6.27. The van der Waals surface area contributed by atoms with Gasteiger partial charge < -0.3 is 14.0 Å². The smallest absolute Gasteiger partial charge is 0.339 e. The number of aryl methyl sites for hydroxylation is 3. The minimum atomic E-state index is -3.97. The Morgan fingerprint density at radius 2 is 1.74 bits per heavy atom. The maximum atomic E-state index is 12.5. The van der Waals surface area contributed by atoms with Gasteiger partial charge in [0.25, 0.3) is 5.91 Å². The van der Waals surface area contributed by atoms with Crippen LogP contribution in [0.3, 0.4) is 0 Å². The van der Waals surface area contributed by atoms with Gasteiger partial charge in [-0.25, -0.2) is 0 Å². The second-order valence-electron chi connectivity index (χ2n) is 6.11. The molecule has 0 spiro atoms. The quantitative estimate of drug-likeness (QED) is 0.673. The van der Waals surface area contributed by atoms with E-state index in [1.807, 2.05) is 13.0 Å². The first kappa shape index (κ1) is 18.7. The van der Waals surface area contributed by atoms with Gasteiger partial charge in [-0.3, -0.25) is 4.79 Å². The van der Waals surface area contributed by atoms with Crippen molar-refractivity contribution in [3.8, 4) is 5.75 Å². The molecule has 27 heavy (non-hydrogen) atoms. The van der Waals surface area contributed by atoms with Crippen molar-refractivity contribution in [2.75, 3.05) is 5.32 Å². The van der Waals surface area contributed by atoms with Gasteiger partial charge >= 0.3 is 10.1 Å². The van der Waals surface area contributed by atoms with Crippen LogP contribution in [-0.4, -0.2) is 19.5 Å². The summed E-state index contributed by atoms with van der Waals surface area (Å²) < 4.78 is 35.1. The van der Waals surface area contributed by atoms with Gasteiger partial charge in [0.15, 0.2) is 5.82 Å². The van der Waals surface area contributed by atoms with Gasteiger partial charge in [0.2, 0.25) is 0 Å². The summed E-state index contributed by atoms with van der Waals surface area (Å²) in [6, 6.07) is 12.5. The molecule has 0 unspecified atom stereocenters. The monoisotopic (exact) mass is 386 g/mol. The zero-order valence-electron chi connectivity index (χ0n) is 15.0. The van der Waals surface area contributed by atoms with Crippen molar-refractivity contribution in [2.45, 2.75) is 25.7 Å². The molecule has 140 valence electrons. The Hall–Kier alpha value is -3.13. The molecule has 0 aliphatic heterocycles. The van der Waals surface area contributed by atoms with Crippen LogP contribution in [0.15, 0.2) is 57.9 Å². The second-order valence-corrected chi connectivity index (χ2v) is 7.62. The van der Waals surface area contributed by atoms with Gasteiger partial charge in [-0.1, -0.05) is 17.3 Å². The first-order valence-electron chi connectivity index (χ1n) is 8.11. The lowest BCUT2D eigenvalue weighted by molar-refractivity contribution is 0.102. The number of hydrogen-bond acceptors (Lipinski definition) is 6. The van der Waals surface area contributed by atoms with Crippen LogP contribution in [0.2, 0.25) is 0 Å². The van der Waals surface area contributed by atoms with E-state index in [1.165, 1.54) is 24.3 Å². The van der Waals surface area contributed by atoms with Gasteiger partial charge in [-0.2, -0.15) is 8.42 Å². The molecule has 0 fully saturated rings. The fourth-order valence-corrected chi connectivity index (χ4v) is 3.67. The number of carbonyl (C=O) groups is 1. The van der Waals surface area contributed by atoms with E-state index in [1.54, 1.807) is 32.0 Å². The Bertz CT molecular complexity index is 1090. The molecule has 0 aliphatic rings. The van der Waals surface area contributed by atoms with E-state index in [4.69, 9.17) is 8.71 Å². The second kappa shape index (κ2) is 7.24. The third-order valence-electron chi connectivity index (χ3n) is 3.80. The molecule has 0 atom stereocenters. The third kappa shape index (κ3) is 4.35. The summed E-state index contributed by atoms with van der Waals surface area (Å²) in [5.41, 5.74) is 1.74. The van der Waals surface area contributed by atoms with Crippen molar-refractivity contribution < 1.29 is 21.9 Å². The maximum Gasteiger partial charge on any atom is 0.339 e. The number of rotatable bonds is 5. The number of nitrogens with one attached hydrogen (secondary N) is 1. The standard InChI is InChI=1S/C19H18N2O5S/c1-12-4-5-13(2)17(10-12)27(23,24)26-16-8-6-15(7-9-16)19(22)20-18-11-14(3)25-21-18/h4-11H,1-3H3,(H,20,21,22). The zero-order chi connectivity index (χ0) is 19.6. The van der Waals surface area contributed by atoms with Crippen molar-refractivity contribution >= 4 is 21.8 Å². The Labute approximate surface area is 157 Å². The molecule has 1 amide bonds. The molecule has 1 heterocycles. The fourth-order valence-electron chi connectivity index (χ4n) is 2.42. The number of amides is 1. The van der Waals surface area contributed by atoms with Crippen LogP contribution in [0.4, 0.5) is 5.82 Å². The van der Waals surface area contributed by atoms with Gasteiger partial charge in [0, 0.05) is 11.6 Å². The van der Waals surface area contributed by atoms with Crippen molar-refractivity contribution in [2.24, 2.45) is 0 Å². The van der Waals surface area contributed by atoms with Gasteiger partial charge in [-0.15, -0.1) is 0 Å². The fraction of sp³-hybridized carbons (Fsp3) is 0.158. The average Bonchev–Trinajstić information content (AvgIpc) is 3.02. The van der Waals surface area contributed by atoms with Crippen LogP contribution < -0.4 is 9.50 Å². The summed E-state index contributed by atoms with van der Waals surface area (Å²) in [4.78, 5) is 12.3. The van der Waals surface area contributed by atoms with Crippen LogP contribution in [0.1, 0.15) is 27.2 Å². The largest absolute Gasteiger partial charge is 0.379 e. The Kier molecular flexibility index (Phi) is 5.00. The SMILES string of the molecule is Cc1ccc(C)c(S(=O)(=O)Oc2ccc(C(=O)Nc3cc(C)on3)cc2)c1. The predicted molar refractivity (Wildman–Crippen MR) is 99.4 cm³/mol. The van der Waals surface area contributed by atoms with E-state index in [2.05, 4.69) is 10.5 Å². The lowest BCUT2D eigenvalue weighted by atomic mass is 10.2. The van der Waals surface area contributed by atoms with E-state index in [9.17, 15) is 13.2 Å². The number of anilines is 1. The van der Waals surface area contributed by atoms with Crippen LogP contribution >= 0.6 is 0 Å². The Morgan fingerprint density at radius 1 is 1.04 bits per heavy atom. The highest BCUT2D eigenvalue weighted by molar-refractivity contribution is 7.87. The summed E-state index contributed by atoms with van der Waals surface area (Å²) in [5.74, 6) is 0.595. The number of benzene rings is 2. The molecule has 3 rings (SSSR count). The first-order valence-corrected chi connectivity index (χ1v) is 9.52.